The van der Waals surface area contributed by atoms with Crippen molar-refractivity contribution >= 4 is 21.6 Å². The molecule has 8 heteroatoms. The Hall–Kier alpha value is -0.630. The predicted octanol–water partition coefficient (Wildman–Crippen LogP) is 1.31. The van der Waals surface area contributed by atoms with Crippen molar-refractivity contribution in [1.82, 2.24) is 14.1 Å². The molecule has 0 aliphatic carbocycles. The third-order valence-corrected chi connectivity index (χ3v) is 6.29. The van der Waals surface area contributed by atoms with Crippen LogP contribution in [0.15, 0.2) is 4.90 Å². The number of hydrogen-bond acceptors (Lipinski definition) is 4. The highest BCUT2D eigenvalue weighted by Crippen LogP contribution is 2.35. The molecule has 1 aromatic heterocycles. The Morgan fingerprint density at radius 1 is 1.45 bits per heavy atom. The van der Waals surface area contributed by atoms with Crippen LogP contribution in [-0.2, 0) is 17.1 Å². The van der Waals surface area contributed by atoms with Gasteiger partial charge in [-0.1, -0.05) is 11.6 Å². The van der Waals surface area contributed by atoms with Gasteiger partial charge in [-0.25, -0.2) is 8.42 Å². The van der Waals surface area contributed by atoms with Gasteiger partial charge in [-0.2, -0.15) is 9.40 Å². The third kappa shape index (κ3) is 2.47. The Balaban J connectivity index is 2.50. The molecule has 1 aliphatic heterocycles. The van der Waals surface area contributed by atoms with E-state index in [1.54, 1.807) is 27.8 Å². The van der Waals surface area contributed by atoms with E-state index in [2.05, 4.69) is 5.10 Å². The number of aryl methyl sites for hydroxylation is 2. The second kappa shape index (κ2) is 4.98. The number of halogens is 1. The molecule has 0 spiro atoms. The lowest BCUT2D eigenvalue weighted by Crippen LogP contribution is -2.48. The maximum Gasteiger partial charge on any atom is 0.248 e. The van der Waals surface area contributed by atoms with E-state index in [0.29, 0.717) is 18.7 Å². The molecule has 0 saturated carbocycles. The van der Waals surface area contributed by atoms with Crippen LogP contribution in [0.1, 0.15) is 32.4 Å². The standard InChI is InChI=1S/C12H20ClN3O3S/c1-8-10(11(13)15(4)14-8)20(18,19)16-7-5-6-9(16)12(2,3)17/h9,17H,5-7H2,1-4H3. The predicted molar refractivity (Wildman–Crippen MR) is 76.2 cm³/mol. The molecule has 1 unspecified atom stereocenters. The highest BCUT2D eigenvalue weighted by molar-refractivity contribution is 7.89. The molecule has 20 heavy (non-hydrogen) atoms. The van der Waals surface area contributed by atoms with Gasteiger partial charge in [0.05, 0.1) is 17.3 Å². The molecule has 0 bridgehead atoms. The Morgan fingerprint density at radius 3 is 2.50 bits per heavy atom. The summed E-state index contributed by atoms with van der Waals surface area (Å²) in [5.74, 6) is 0. The summed E-state index contributed by atoms with van der Waals surface area (Å²) in [6.07, 6.45) is 1.37. The lowest BCUT2D eigenvalue weighted by molar-refractivity contribution is 0.0215. The van der Waals surface area contributed by atoms with Crippen molar-refractivity contribution in [2.24, 2.45) is 7.05 Å². The van der Waals surface area contributed by atoms with Gasteiger partial charge in [0.15, 0.2) is 0 Å². The zero-order valence-corrected chi connectivity index (χ0v) is 13.7. The summed E-state index contributed by atoms with van der Waals surface area (Å²) in [5.41, 5.74) is -0.717. The van der Waals surface area contributed by atoms with E-state index >= 15 is 0 Å². The first-order valence-electron chi connectivity index (χ1n) is 6.50. The number of aliphatic hydroxyl groups is 1. The number of aromatic nitrogens is 2. The monoisotopic (exact) mass is 321 g/mol. The molecule has 1 atom stereocenters. The van der Waals surface area contributed by atoms with Crippen molar-refractivity contribution in [2.75, 3.05) is 6.54 Å². The molecule has 114 valence electrons. The molecule has 0 radical (unpaired) electrons. The summed E-state index contributed by atoms with van der Waals surface area (Å²) in [5, 5.41) is 14.3. The largest absolute Gasteiger partial charge is 0.389 e. The molecule has 1 aromatic rings. The van der Waals surface area contributed by atoms with Crippen LogP contribution < -0.4 is 0 Å². The molecular weight excluding hydrogens is 302 g/mol. The molecule has 1 N–H and O–H groups in total. The molecule has 1 saturated heterocycles. The third-order valence-electron chi connectivity index (χ3n) is 3.69. The molecule has 2 rings (SSSR count). The van der Waals surface area contributed by atoms with Gasteiger partial charge < -0.3 is 5.11 Å². The molecule has 1 aliphatic rings. The Morgan fingerprint density at radius 2 is 2.05 bits per heavy atom. The SMILES string of the molecule is Cc1nn(C)c(Cl)c1S(=O)(=O)N1CCCC1C(C)(C)O. The normalized spacial score (nSPS) is 21.6. The number of rotatable bonds is 3. The summed E-state index contributed by atoms with van der Waals surface area (Å²) < 4.78 is 28.3. The lowest BCUT2D eigenvalue weighted by Gasteiger charge is -2.32. The Bertz CT molecular complexity index is 619. The van der Waals surface area contributed by atoms with Crippen molar-refractivity contribution in [1.29, 1.82) is 0 Å². The van der Waals surface area contributed by atoms with E-state index in [1.807, 2.05) is 0 Å². The first-order valence-corrected chi connectivity index (χ1v) is 8.32. The smallest absolute Gasteiger partial charge is 0.248 e. The maximum absolute atomic E-state index is 12.8. The van der Waals surface area contributed by atoms with Crippen LogP contribution in [-0.4, -0.2) is 45.8 Å². The summed E-state index contributed by atoms with van der Waals surface area (Å²) in [7, 11) is -2.15. The van der Waals surface area contributed by atoms with Gasteiger partial charge in [-0.05, 0) is 33.6 Å². The number of nitrogens with zero attached hydrogens (tertiary/aromatic N) is 3. The molecule has 6 nitrogen and oxygen atoms in total. The highest BCUT2D eigenvalue weighted by Gasteiger charge is 2.44. The Kier molecular flexibility index (Phi) is 3.92. The van der Waals surface area contributed by atoms with Crippen molar-refractivity contribution in [2.45, 2.75) is 50.2 Å². The van der Waals surface area contributed by atoms with Crippen LogP contribution in [0, 0.1) is 6.92 Å². The van der Waals surface area contributed by atoms with Crippen LogP contribution in [0.4, 0.5) is 0 Å². The zero-order chi connectivity index (χ0) is 15.3. The van der Waals surface area contributed by atoms with E-state index in [1.165, 1.54) is 8.99 Å². The van der Waals surface area contributed by atoms with Crippen molar-refractivity contribution < 1.29 is 13.5 Å². The first kappa shape index (κ1) is 15.8. The minimum Gasteiger partial charge on any atom is -0.389 e. The summed E-state index contributed by atoms with van der Waals surface area (Å²) in [4.78, 5) is 0.0396. The second-order valence-corrected chi connectivity index (χ2v) is 7.94. The second-order valence-electron chi connectivity index (χ2n) is 5.76. The first-order chi connectivity index (χ1) is 9.06. The van der Waals surface area contributed by atoms with E-state index < -0.39 is 21.7 Å². The minimum atomic E-state index is -3.75. The van der Waals surface area contributed by atoms with Crippen molar-refractivity contribution in [3.63, 3.8) is 0 Å². The van der Waals surface area contributed by atoms with E-state index in [4.69, 9.17) is 11.6 Å². The molecule has 0 aromatic carbocycles. The van der Waals surface area contributed by atoms with Crippen LogP contribution in [0.2, 0.25) is 5.15 Å². The average Bonchev–Trinajstić information content (AvgIpc) is 2.84. The fourth-order valence-electron chi connectivity index (χ4n) is 2.75. The van der Waals surface area contributed by atoms with E-state index in [9.17, 15) is 13.5 Å². The Labute approximate surface area is 124 Å². The van der Waals surface area contributed by atoms with Crippen molar-refractivity contribution in [3.05, 3.63) is 10.8 Å². The van der Waals surface area contributed by atoms with Gasteiger partial charge in [0.25, 0.3) is 0 Å². The van der Waals surface area contributed by atoms with E-state index in [-0.39, 0.29) is 10.0 Å². The van der Waals surface area contributed by atoms with Gasteiger partial charge in [0.1, 0.15) is 10.0 Å². The molecule has 1 fully saturated rings. The van der Waals surface area contributed by atoms with Crippen LogP contribution >= 0.6 is 11.6 Å². The average molecular weight is 322 g/mol. The maximum atomic E-state index is 12.8. The fourth-order valence-corrected chi connectivity index (χ4v) is 5.28. The molecule has 2 heterocycles. The quantitative estimate of drug-likeness (QED) is 0.910. The lowest BCUT2D eigenvalue weighted by atomic mass is 9.98. The summed E-state index contributed by atoms with van der Waals surface area (Å²) >= 11 is 6.07. The summed E-state index contributed by atoms with van der Waals surface area (Å²) in [6.45, 7) is 5.27. The minimum absolute atomic E-state index is 0.0396. The van der Waals surface area contributed by atoms with Gasteiger partial charge in [0.2, 0.25) is 10.0 Å². The fraction of sp³-hybridized carbons (Fsp3) is 0.750. The molecule has 0 amide bonds. The van der Waals surface area contributed by atoms with Gasteiger partial charge in [-0.3, -0.25) is 4.68 Å². The van der Waals surface area contributed by atoms with Gasteiger partial charge in [-0.15, -0.1) is 0 Å². The van der Waals surface area contributed by atoms with Crippen LogP contribution in [0.25, 0.3) is 0 Å². The van der Waals surface area contributed by atoms with Crippen LogP contribution in [0.5, 0.6) is 0 Å². The van der Waals surface area contributed by atoms with Gasteiger partial charge in [0, 0.05) is 13.6 Å². The number of hydrogen-bond donors (Lipinski definition) is 1. The van der Waals surface area contributed by atoms with Crippen LogP contribution in [0.3, 0.4) is 0 Å². The summed E-state index contributed by atoms with van der Waals surface area (Å²) in [6, 6.07) is -0.442. The van der Waals surface area contributed by atoms with Gasteiger partial charge >= 0.3 is 0 Å². The van der Waals surface area contributed by atoms with Crippen molar-refractivity contribution in [3.8, 4) is 0 Å². The van der Waals surface area contributed by atoms with E-state index in [0.717, 1.165) is 6.42 Å². The molecular formula is C12H20ClN3O3S. The highest BCUT2D eigenvalue weighted by atomic mass is 35.5. The zero-order valence-electron chi connectivity index (χ0n) is 12.1. The topological polar surface area (TPSA) is 75.4 Å². The number of sulfonamides is 1.